The van der Waals surface area contributed by atoms with E-state index in [-0.39, 0.29) is 0 Å². The maximum absolute atomic E-state index is 13.9. The van der Waals surface area contributed by atoms with Gasteiger partial charge in [0.25, 0.3) is 10.1 Å². The fraction of sp³-hybridized carbons (Fsp3) is 0.545. The van der Waals surface area contributed by atoms with Crippen molar-refractivity contribution in [1.29, 1.82) is 0 Å². The fourth-order valence-corrected chi connectivity index (χ4v) is 6.44. The molecule has 0 bridgehead atoms. The Kier molecular flexibility index (Phi) is 12.3. The lowest BCUT2D eigenvalue weighted by Gasteiger charge is -2.39. The van der Waals surface area contributed by atoms with Crippen molar-refractivity contribution in [2.45, 2.75) is 71.1 Å². The highest BCUT2D eigenvalue weighted by molar-refractivity contribution is 7.89. The van der Waals surface area contributed by atoms with Crippen LogP contribution >= 0.6 is 0 Å². The molecule has 0 saturated carbocycles. The lowest BCUT2D eigenvalue weighted by molar-refractivity contribution is -0.203. The highest BCUT2D eigenvalue weighted by atomic mass is 32.2. The van der Waals surface area contributed by atoms with Crippen molar-refractivity contribution < 1.29 is 82.7 Å². The standard InChI is InChI=1S/C22H33NO17S2/c24-7-11(26)15(28)17(30)19(32)21(34)23(22(35)20(33)18(31)16(29)12(27)8-25)41(36,37)13-5-1-4-10-9(13)3-2-6-14(10)42(38,39)40/h1-6,11-12,15-22,24-35H,7-8H2,(H,38,39,40)/t11-,12-,15-,16-,17+,18+,19-,20-,21?,22?/m1/s1. The number of aliphatic hydroxyl groups excluding tert-OH is 12. The highest BCUT2D eigenvalue weighted by Crippen LogP contribution is 2.33. The number of fused-ring (bicyclic) bond motifs is 1. The van der Waals surface area contributed by atoms with Crippen LogP contribution in [0.15, 0.2) is 46.2 Å². The zero-order valence-electron chi connectivity index (χ0n) is 21.4. The number of nitrogens with zero attached hydrogens (tertiary/aromatic N) is 1. The maximum Gasteiger partial charge on any atom is 0.295 e. The Morgan fingerprint density at radius 2 is 0.905 bits per heavy atom. The summed E-state index contributed by atoms with van der Waals surface area (Å²) in [4.78, 5) is -1.71. The third kappa shape index (κ3) is 7.39. The minimum atomic E-state index is -5.52. The molecule has 42 heavy (non-hydrogen) atoms. The molecule has 10 atom stereocenters. The quantitative estimate of drug-likeness (QED) is 0.0631. The molecule has 240 valence electrons. The summed E-state index contributed by atoms with van der Waals surface area (Å²) in [5.41, 5.74) is 0. The zero-order chi connectivity index (χ0) is 32.3. The first-order chi connectivity index (χ1) is 19.3. The number of rotatable bonds is 15. The van der Waals surface area contributed by atoms with Gasteiger partial charge in [-0.3, -0.25) is 4.55 Å². The molecule has 2 aromatic carbocycles. The molecule has 2 aromatic rings. The Hall–Kier alpha value is -1.96. The number of hydrogen-bond donors (Lipinski definition) is 13. The van der Waals surface area contributed by atoms with Crippen LogP contribution in [0.4, 0.5) is 0 Å². The van der Waals surface area contributed by atoms with Crippen LogP contribution in [-0.4, -0.2) is 161 Å². The molecule has 20 heteroatoms. The first kappa shape index (κ1) is 36.2. The van der Waals surface area contributed by atoms with E-state index in [1.165, 1.54) is 0 Å². The van der Waals surface area contributed by atoms with E-state index in [1.54, 1.807) is 0 Å². The van der Waals surface area contributed by atoms with E-state index in [9.17, 15) is 72.5 Å². The average Bonchev–Trinajstić information content (AvgIpc) is 2.96. The van der Waals surface area contributed by atoms with Gasteiger partial charge in [-0.25, -0.2) is 8.42 Å². The Balaban J connectivity index is 2.77. The van der Waals surface area contributed by atoms with Gasteiger partial charge in [-0.15, -0.1) is 4.31 Å². The molecule has 0 amide bonds. The van der Waals surface area contributed by atoms with Crippen molar-refractivity contribution >= 4 is 30.9 Å². The van der Waals surface area contributed by atoms with Gasteiger partial charge in [0.1, 0.15) is 53.7 Å². The van der Waals surface area contributed by atoms with Gasteiger partial charge in [0.15, 0.2) is 12.5 Å². The van der Waals surface area contributed by atoms with E-state index < -0.39 is 120 Å². The summed E-state index contributed by atoms with van der Waals surface area (Å²) in [6.07, 6.45) is -26.2. The van der Waals surface area contributed by atoms with Crippen LogP contribution in [0.5, 0.6) is 0 Å². The van der Waals surface area contributed by atoms with E-state index in [1.807, 2.05) is 0 Å². The summed E-state index contributed by atoms with van der Waals surface area (Å²) < 4.78 is 60.5. The van der Waals surface area contributed by atoms with Crippen molar-refractivity contribution in [3.63, 3.8) is 0 Å². The number of benzene rings is 2. The zero-order valence-corrected chi connectivity index (χ0v) is 23.0. The van der Waals surface area contributed by atoms with Crippen LogP contribution in [0.2, 0.25) is 0 Å². The van der Waals surface area contributed by atoms with Crippen LogP contribution in [-0.2, 0) is 20.1 Å². The molecule has 0 saturated heterocycles. The van der Waals surface area contributed by atoms with E-state index in [4.69, 9.17) is 10.2 Å². The van der Waals surface area contributed by atoms with Gasteiger partial charge in [0, 0.05) is 10.8 Å². The van der Waals surface area contributed by atoms with Gasteiger partial charge in [-0.05, 0) is 12.1 Å². The molecule has 13 N–H and O–H groups in total. The van der Waals surface area contributed by atoms with Gasteiger partial charge in [-0.1, -0.05) is 24.3 Å². The summed E-state index contributed by atoms with van der Waals surface area (Å²) in [5.74, 6) is 0. The second kappa shape index (κ2) is 14.2. The van der Waals surface area contributed by atoms with Crippen molar-refractivity contribution in [2.75, 3.05) is 13.2 Å². The monoisotopic (exact) mass is 647 g/mol. The van der Waals surface area contributed by atoms with E-state index in [2.05, 4.69) is 0 Å². The van der Waals surface area contributed by atoms with Crippen LogP contribution in [0.25, 0.3) is 10.8 Å². The minimum absolute atomic E-state index is 0.394. The lowest BCUT2D eigenvalue weighted by Crippen LogP contribution is -2.63. The molecule has 0 aliphatic heterocycles. The molecular weight excluding hydrogens is 614 g/mol. The summed E-state index contributed by atoms with van der Waals surface area (Å²) in [7, 11) is -10.5. The molecule has 0 heterocycles. The van der Waals surface area contributed by atoms with Crippen molar-refractivity contribution in [1.82, 2.24) is 4.31 Å². The second-order valence-corrected chi connectivity index (χ2v) is 12.4. The Labute approximate surface area is 238 Å². The van der Waals surface area contributed by atoms with Gasteiger partial charge in [0.05, 0.1) is 18.1 Å². The van der Waals surface area contributed by atoms with Crippen molar-refractivity contribution in [3.05, 3.63) is 36.4 Å². The van der Waals surface area contributed by atoms with Crippen LogP contribution in [0.3, 0.4) is 0 Å². The van der Waals surface area contributed by atoms with Crippen LogP contribution in [0, 0.1) is 0 Å². The number of hydrogen-bond acceptors (Lipinski definition) is 16. The van der Waals surface area contributed by atoms with Gasteiger partial charge in [-0.2, -0.15) is 8.42 Å². The third-order valence-corrected chi connectivity index (χ3v) is 9.18. The summed E-state index contributed by atoms with van der Waals surface area (Å²) >= 11 is 0. The summed E-state index contributed by atoms with van der Waals surface area (Å²) in [5, 5.41) is 119. The SMILES string of the molecule is O=S(=O)(O)c1cccc2c(S(=O)(=O)N(C(O)[C@H](O)[C@@H](O)[C@H](O)[C@H](O)CO)C(O)[C@H](O)[C@@H](O)[C@H](O)[C@H](O)CO)cccc12. The lowest BCUT2D eigenvalue weighted by atomic mass is 10.0. The van der Waals surface area contributed by atoms with Crippen molar-refractivity contribution in [3.8, 4) is 0 Å². The van der Waals surface area contributed by atoms with Gasteiger partial charge < -0.3 is 61.3 Å². The van der Waals surface area contributed by atoms with E-state index in [0.717, 1.165) is 36.4 Å². The predicted molar refractivity (Wildman–Crippen MR) is 137 cm³/mol. The fourth-order valence-electron chi connectivity index (χ4n) is 3.99. The Morgan fingerprint density at radius 1 is 0.548 bits per heavy atom. The first-order valence-electron chi connectivity index (χ1n) is 11.9. The smallest absolute Gasteiger partial charge is 0.295 e. The van der Waals surface area contributed by atoms with Crippen LogP contribution < -0.4 is 0 Å². The third-order valence-electron chi connectivity index (χ3n) is 6.37. The van der Waals surface area contributed by atoms with Crippen LogP contribution in [0.1, 0.15) is 0 Å². The average molecular weight is 648 g/mol. The number of sulfonamides is 1. The van der Waals surface area contributed by atoms with Gasteiger partial charge in [0.2, 0.25) is 10.0 Å². The molecule has 0 fully saturated rings. The molecule has 0 aromatic heterocycles. The van der Waals surface area contributed by atoms with Crippen molar-refractivity contribution in [2.24, 2.45) is 0 Å². The predicted octanol–water partition coefficient (Wildman–Crippen LogP) is -6.41. The normalized spacial score (nSPS) is 20.3. The second-order valence-electron chi connectivity index (χ2n) is 9.19. The molecule has 0 aliphatic rings. The van der Waals surface area contributed by atoms with E-state index >= 15 is 0 Å². The Bertz CT molecular complexity index is 1370. The maximum atomic E-state index is 13.9. The largest absolute Gasteiger partial charge is 0.394 e. The molecule has 0 aliphatic carbocycles. The van der Waals surface area contributed by atoms with E-state index in [0.29, 0.717) is 0 Å². The molecule has 2 unspecified atom stereocenters. The molecular formula is C22H33NO17S2. The molecule has 0 spiro atoms. The summed E-state index contributed by atoms with van der Waals surface area (Å²) in [6, 6.07) is 5.81. The van der Waals surface area contributed by atoms with Gasteiger partial charge >= 0.3 is 0 Å². The molecule has 18 nitrogen and oxygen atoms in total. The topological polar surface area (TPSA) is 335 Å². The Morgan fingerprint density at radius 3 is 1.26 bits per heavy atom. The first-order valence-corrected chi connectivity index (χ1v) is 14.8. The minimum Gasteiger partial charge on any atom is -0.394 e. The number of aliphatic hydroxyl groups is 12. The molecule has 0 radical (unpaired) electrons. The highest BCUT2D eigenvalue weighted by Gasteiger charge is 2.48. The molecule has 2 rings (SSSR count). The summed E-state index contributed by atoms with van der Waals surface area (Å²) in [6.45, 7) is -2.35.